The van der Waals surface area contributed by atoms with Crippen LogP contribution in [0.15, 0.2) is 97.6 Å². The van der Waals surface area contributed by atoms with Crippen molar-refractivity contribution in [1.82, 2.24) is 30.9 Å². The molecule has 0 saturated carbocycles. The summed E-state index contributed by atoms with van der Waals surface area (Å²) in [4.78, 5) is 4.07. The van der Waals surface area contributed by atoms with Crippen LogP contribution in [0.4, 0.5) is 0 Å². The Morgan fingerprint density at radius 2 is 1.64 bits per heavy atom. The van der Waals surface area contributed by atoms with E-state index in [0.29, 0.717) is 5.92 Å². The standard InChI is InChI=1S/C27H30N6/c1-3-7-21(8-4-1)22-11-13-24(14-12-22)27-25(18-30-32-27)17-29-26(23-9-5-2-6-10-23)15-16-33-20-28-19-31-33/h1-14,19-20,25-27,29-30,32H,15-18H2. The molecule has 2 heterocycles. The van der Waals surface area contributed by atoms with Gasteiger partial charge in [0.1, 0.15) is 12.7 Å². The third-order valence-corrected chi connectivity index (χ3v) is 6.41. The van der Waals surface area contributed by atoms with Crippen LogP contribution in [-0.2, 0) is 6.54 Å². The van der Waals surface area contributed by atoms with Gasteiger partial charge in [-0.05, 0) is 28.7 Å². The highest BCUT2D eigenvalue weighted by molar-refractivity contribution is 5.63. The first-order valence-electron chi connectivity index (χ1n) is 11.6. The van der Waals surface area contributed by atoms with Crippen LogP contribution in [0.3, 0.4) is 0 Å². The number of nitrogens with zero attached hydrogens (tertiary/aromatic N) is 3. The Kier molecular flexibility index (Phi) is 6.87. The zero-order chi connectivity index (χ0) is 22.3. The zero-order valence-electron chi connectivity index (χ0n) is 18.6. The summed E-state index contributed by atoms with van der Waals surface area (Å²) in [5.41, 5.74) is 12.0. The molecule has 5 rings (SSSR count). The third kappa shape index (κ3) is 5.37. The number of hydrazine groups is 1. The van der Waals surface area contributed by atoms with E-state index in [1.54, 1.807) is 12.7 Å². The average molecular weight is 439 g/mol. The normalized spacial score (nSPS) is 18.9. The van der Waals surface area contributed by atoms with E-state index in [1.807, 2.05) is 4.68 Å². The van der Waals surface area contributed by atoms with Crippen molar-refractivity contribution in [3.05, 3.63) is 109 Å². The molecule has 0 radical (unpaired) electrons. The maximum atomic E-state index is 4.26. The van der Waals surface area contributed by atoms with E-state index in [1.165, 1.54) is 22.3 Å². The van der Waals surface area contributed by atoms with Crippen LogP contribution in [0.25, 0.3) is 11.1 Å². The molecule has 0 bridgehead atoms. The van der Waals surface area contributed by atoms with Crippen molar-refractivity contribution in [3.63, 3.8) is 0 Å². The van der Waals surface area contributed by atoms with Gasteiger partial charge < -0.3 is 5.32 Å². The van der Waals surface area contributed by atoms with Crippen LogP contribution in [0.5, 0.6) is 0 Å². The Bertz CT molecular complexity index is 1100. The first kappa shape index (κ1) is 21.5. The van der Waals surface area contributed by atoms with Gasteiger partial charge in [-0.25, -0.2) is 10.4 Å². The number of hydrogen-bond acceptors (Lipinski definition) is 5. The van der Waals surface area contributed by atoms with Gasteiger partial charge in [-0.1, -0.05) is 84.9 Å². The monoisotopic (exact) mass is 438 g/mol. The quantitative estimate of drug-likeness (QED) is 0.367. The molecule has 1 aromatic heterocycles. The summed E-state index contributed by atoms with van der Waals surface area (Å²) in [6.07, 6.45) is 4.33. The lowest BCUT2D eigenvalue weighted by Gasteiger charge is -2.24. The fourth-order valence-corrected chi connectivity index (χ4v) is 4.57. The van der Waals surface area contributed by atoms with Crippen molar-refractivity contribution in [2.75, 3.05) is 13.1 Å². The fourth-order valence-electron chi connectivity index (χ4n) is 4.57. The maximum Gasteiger partial charge on any atom is 0.137 e. The van der Waals surface area contributed by atoms with Gasteiger partial charge in [-0.3, -0.25) is 10.1 Å². The molecule has 0 aliphatic carbocycles. The minimum absolute atomic E-state index is 0.261. The van der Waals surface area contributed by atoms with Gasteiger partial charge in [0.05, 0.1) is 6.04 Å². The summed E-state index contributed by atoms with van der Waals surface area (Å²) in [6, 6.07) is 30.7. The second kappa shape index (κ2) is 10.5. The number of hydrogen-bond donors (Lipinski definition) is 3. The van der Waals surface area contributed by atoms with Crippen LogP contribution >= 0.6 is 0 Å². The van der Waals surface area contributed by atoms with E-state index < -0.39 is 0 Å². The molecule has 3 unspecified atom stereocenters. The van der Waals surface area contributed by atoms with Gasteiger partial charge in [-0.2, -0.15) is 5.10 Å². The number of nitrogens with one attached hydrogen (secondary N) is 3. The molecule has 1 aliphatic rings. The van der Waals surface area contributed by atoms with E-state index in [2.05, 4.69) is 111 Å². The smallest absolute Gasteiger partial charge is 0.137 e. The first-order chi connectivity index (χ1) is 16.4. The van der Waals surface area contributed by atoms with Crippen LogP contribution in [0, 0.1) is 5.92 Å². The summed E-state index contributed by atoms with van der Waals surface area (Å²) in [5, 5.41) is 8.09. The maximum absolute atomic E-state index is 4.26. The molecule has 168 valence electrons. The zero-order valence-corrected chi connectivity index (χ0v) is 18.6. The fraction of sp³-hybridized carbons (Fsp3) is 0.259. The Morgan fingerprint density at radius 3 is 2.36 bits per heavy atom. The van der Waals surface area contributed by atoms with Crippen LogP contribution in [-0.4, -0.2) is 27.9 Å². The molecule has 0 amide bonds. The van der Waals surface area contributed by atoms with Crippen LogP contribution in [0.1, 0.15) is 29.6 Å². The number of rotatable bonds is 9. The second-order valence-corrected chi connectivity index (χ2v) is 8.57. The van der Waals surface area contributed by atoms with Gasteiger partial charge >= 0.3 is 0 Å². The van der Waals surface area contributed by atoms with Gasteiger partial charge in [-0.15, -0.1) is 0 Å². The number of benzene rings is 3. The van der Waals surface area contributed by atoms with E-state index in [-0.39, 0.29) is 12.1 Å². The predicted octanol–water partition coefficient (Wildman–Crippen LogP) is 4.13. The van der Waals surface area contributed by atoms with Gasteiger partial charge in [0.2, 0.25) is 0 Å². The highest BCUT2D eigenvalue weighted by atomic mass is 15.4. The van der Waals surface area contributed by atoms with Gasteiger partial charge in [0.25, 0.3) is 0 Å². The van der Waals surface area contributed by atoms with Crippen LogP contribution in [0.2, 0.25) is 0 Å². The Morgan fingerprint density at radius 1 is 0.909 bits per heavy atom. The Hall–Kier alpha value is -3.32. The minimum atomic E-state index is 0.261. The Balaban J connectivity index is 1.25. The molecule has 6 nitrogen and oxygen atoms in total. The van der Waals surface area contributed by atoms with Crippen molar-refractivity contribution >= 4 is 0 Å². The van der Waals surface area contributed by atoms with E-state index in [9.17, 15) is 0 Å². The largest absolute Gasteiger partial charge is 0.309 e. The molecular weight excluding hydrogens is 408 g/mol. The van der Waals surface area contributed by atoms with E-state index in [0.717, 1.165) is 26.1 Å². The lowest BCUT2D eigenvalue weighted by Crippen LogP contribution is -2.32. The summed E-state index contributed by atoms with van der Waals surface area (Å²) in [5.74, 6) is 0.449. The number of aromatic nitrogens is 3. The molecule has 33 heavy (non-hydrogen) atoms. The summed E-state index contributed by atoms with van der Waals surface area (Å²) in [6.45, 7) is 2.68. The molecule has 1 aliphatic heterocycles. The topological polar surface area (TPSA) is 66.8 Å². The summed E-state index contributed by atoms with van der Waals surface area (Å²) >= 11 is 0. The Labute approximate surface area is 195 Å². The summed E-state index contributed by atoms with van der Waals surface area (Å²) in [7, 11) is 0. The van der Waals surface area contributed by atoms with Crippen molar-refractivity contribution < 1.29 is 0 Å². The molecule has 1 saturated heterocycles. The van der Waals surface area contributed by atoms with Crippen molar-refractivity contribution in [3.8, 4) is 11.1 Å². The lowest BCUT2D eigenvalue weighted by atomic mass is 9.92. The lowest BCUT2D eigenvalue weighted by molar-refractivity contribution is 0.383. The van der Waals surface area contributed by atoms with Crippen molar-refractivity contribution in [2.24, 2.45) is 5.92 Å². The molecule has 0 spiro atoms. The summed E-state index contributed by atoms with van der Waals surface area (Å²) < 4.78 is 1.90. The van der Waals surface area contributed by atoms with Crippen molar-refractivity contribution in [2.45, 2.75) is 25.0 Å². The highest BCUT2D eigenvalue weighted by Crippen LogP contribution is 2.28. The molecule has 3 atom stereocenters. The SMILES string of the molecule is c1ccc(-c2ccc(C3NNCC3CNC(CCn3cncn3)c3ccccc3)cc2)cc1. The molecular formula is C27H30N6. The van der Waals surface area contributed by atoms with Crippen LogP contribution < -0.4 is 16.2 Å². The molecule has 6 heteroatoms. The van der Waals surface area contributed by atoms with E-state index in [4.69, 9.17) is 0 Å². The molecule has 1 fully saturated rings. The minimum Gasteiger partial charge on any atom is -0.309 e. The molecule has 4 aromatic rings. The molecule has 3 N–H and O–H groups in total. The highest BCUT2D eigenvalue weighted by Gasteiger charge is 2.28. The second-order valence-electron chi connectivity index (χ2n) is 8.57. The average Bonchev–Trinajstić information content (AvgIpc) is 3.58. The third-order valence-electron chi connectivity index (χ3n) is 6.41. The predicted molar refractivity (Wildman–Crippen MR) is 131 cm³/mol. The van der Waals surface area contributed by atoms with Gasteiger partial charge in [0, 0.05) is 31.6 Å². The van der Waals surface area contributed by atoms with Crippen molar-refractivity contribution in [1.29, 1.82) is 0 Å². The van der Waals surface area contributed by atoms with Gasteiger partial charge in [0.15, 0.2) is 0 Å². The van der Waals surface area contributed by atoms with E-state index >= 15 is 0 Å². The first-order valence-corrected chi connectivity index (χ1v) is 11.6. The number of aryl methyl sites for hydroxylation is 1. The molecule has 3 aromatic carbocycles.